The molecule has 0 unspecified atom stereocenters. The maximum absolute atomic E-state index is 14.4. The third kappa shape index (κ3) is 3.04. The van der Waals surface area contributed by atoms with Crippen LogP contribution >= 0.6 is 11.6 Å². The van der Waals surface area contributed by atoms with Crippen molar-refractivity contribution in [3.05, 3.63) is 34.4 Å². The highest BCUT2D eigenvalue weighted by Gasteiger charge is 2.49. The first-order valence-corrected chi connectivity index (χ1v) is 5.63. The van der Waals surface area contributed by atoms with Gasteiger partial charge in [-0.2, -0.15) is 0 Å². The molecule has 0 fully saturated rings. The van der Waals surface area contributed by atoms with Crippen LogP contribution in [0, 0.1) is 11.6 Å². The Labute approximate surface area is 117 Å². The summed E-state index contributed by atoms with van der Waals surface area (Å²) in [4.78, 5) is 22.7. The molecule has 1 aromatic rings. The van der Waals surface area contributed by atoms with Crippen molar-refractivity contribution in [3.8, 4) is 0 Å². The molecular weight excluding hydrogens is 301 g/mol. The zero-order valence-electron chi connectivity index (χ0n) is 10.5. The van der Waals surface area contributed by atoms with Gasteiger partial charge in [0.25, 0.3) is 0 Å². The van der Waals surface area contributed by atoms with Gasteiger partial charge in [-0.05, 0) is 17.7 Å². The molecule has 0 amide bonds. The van der Waals surface area contributed by atoms with E-state index >= 15 is 0 Å². The van der Waals surface area contributed by atoms with Crippen LogP contribution in [0.1, 0.15) is 5.56 Å². The van der Waals surface area contributed by atoms with Crippen LogP contribution in [0.25, 0.3) is 0 Å². The first kappa shape index (κ1) is 16.3. The van der Waals surface area contributed by atoms with Gasteiger partial charge < -0.3 is 9.47 Å². The fourth-order valence-electron chi connectivity index (χ4n) is 1.54. The molecular formula is C12H10ClF3O4. The molecule has 0 aliphatic heterocycles. The van der Waals surface area contributed by atoms with Crippen LogP contribution in [0.4, 0.5) is 13.2 Å². The minimum absolute atomic E-state index is 0.289. The van der Waals surface area contributed by atoms with Crippen LogP contribution in [0.2, 0.25) is 5.02 Å². The predicted molar refractivity (Wildman–Crippen MR) is 62.9 cm³/mol. The summed E-state index contributed by atoms with van der Waals surface area (Å²) in [5, 5.41) is -0.769. The molecule has 110 valence electrons. The molecule has 0 saturated heterocycles. The molecule has 0 aliphatic rings. The number of benzene rings is 1. The van der Waals surface area contributed by atoms with Crippen molar-refractivity contribution >= 4 is 23.5 Å². The summed E-state index contributed by atoms with van der Waals surface area (Å²) in [6.45, 7) is 0. The summed E-state index contributed by atoms with van der Waals surface area (Å²) in [7, 11) is 1.73. The zero-order valence-corrected chi connectivity index (χ0v) is 11.3. The minimum atomic E-state index is -3.20. The van der Waals surface area contributed by atoms with Crippen LogP contribution in [-0.2, 0) is 25.5 Å². The molecule has 0 radical (unpaired) electrons. The number of hydrogen-bond acceptors (Lipinski definition) is 4. The summed E-state index contributed by atoms with van der Waals surface area (Å²) in [6, 6.07) is 1.43. The maximum atomic E-state index is 14.4. The van der Waals surface area contributed by atoms with Crippen molar-refractivity contribution in [1.29, 1.82) is 0 Å². The Morgan fingerprint density at radius 1 is 1.15 bits per heavy atom. The van der Waals surface area contributed by atoms with E-state index in [4.69, 9.17) is 11.6 Å². The van der Waals surface area contributed by atoms with Crippen molar-refractivity contribution < 1.29 is 32.2 Å². The number of alkyl halides is 1. The average Bonchev–Trinajstić information content (AvgIpc) is 2.42. The molecule has 0 aliphatic carbocycles. The Kier molecular flexibility index (Phi) is 4.99. The van der Waals surface area contributed by atoms with Crippen molar-refractivity contribution in [1.82, 2.24) is 0 Å². The minimum Gasteiger partial charge on any atom is -0.466 e. The molecule has 0 saturated carbocycles. The number of methoxy groups -OCH3 is 2. The van der Waals surface area contributed by atoms with Gasteiger partial charge >= 0.3 is 17.6 Å². The standard InChI is InChI=1S/C12H10ClF3O4/c1-19-10(17)12(16,11(18)20-2)5-6-3-7(14)9(13)8(15)4-6/h3-4H,5H2,1-2H3. The van der Waals surface area contributed by atoms with Gasteiger partial charge in [-0.15, -0.1) is 0 Å². The highest BCUT2D eigenvalue weighted by atomic mass is 35.5. The van der Waals surface area contributed by atoms with E-state index in [-0.39, 0.29) is 5.56 Å². The van der Waals surface area contributed by atoms with E-state index in [0.717, 1.165) is 14.2 Å². The average molecular weight is 311 g/mol. The van der Waals surface area contributed by atoms with E-state index in [1.54, 1.807) is 0 Å². The highest BCUT2D eigenvalue weighted by molar-refractivity contribution is 6.30. The molecule has 0 bridgehead atoms. The van der Waals surface area contributed by atoms with Crippen molar-refractivity contribution in [2.75, 3.05) is 14.2 Å². The third-order valence-electron chi connectivity index (χ3n) is 2.51. The zero-order chi connectivity index (χ0) is 15.5. The Hall–Kier alpha value is -1.76. The number of halogens is 4. The molecule has 0 atom stereocenters. The highest BCUT2D eigenvalue weighted by Crippen LogP contribution is 2.26. The molecule has 4 nitrogen and oxygen atoms in total. The molecule has 8 heteroatoms. The molecule has 0 aromatic heterocycles. The normalized spacial score (nSPS) is 11.1. The van der Waals surface area contributed by atoms with Crippen molar-refractivity contribution in [3.63, 3.8) is 0 Å². The lowest BCUT2D eigenvalue weighted by Gasteiger charge is -2.20. The number of esters is 2. The predicted octanol–water partition coefficient (Wildman–Crippen LogP) is 2.21. The van der Waals surface area contributed by atoms with Crippen molar-refractivity contribution in [2.24, 2.45) is 0 Å². The summed E-state index contributed by atoms with van der Waals surface area (Å²) >= 11 is 5.27. The molecule has 1 rings (SSSR count). The van der Waals surface area contributed by atoms with Crippen molar-refractivity contribution in [2.45, 2.75) is 12.1 Å². The van der Waals surface area contributed by atoms with Gasteiger partial charge in [0.1, 0.15) is 16.7 Å². The molecule has 0 heterocycles. The molecule has 0 N–H and O–H groups in total. The van der Waals surface area contributed by atoms with Gasteiger partial charge in [0.05, 0.1) is 14.2 Å². The number of ether oxygens (including phenoxy) is 2. The lowest BCUT2D eigenvalue weighted by atomic mass is 9.96. The van der Waals surface area contributed by atoms with E-state index in [2.05, 4.69) is 9.47 Å². The Morgan fingerprint density at radius 2 is 1.55 bits per heavy atom. The van der Waals surface area contributed by atoms with Crippen LogP contribution in [0.3, 0.4) is 0 Å². The SMILES string of the molecule is COC(=O)C(F)(Cc1cc(F)c(Cl)c(F)c1)C(=O)OC. The first-order chi connectivity index (χ1) is 9.26. The fraction of sp³-hybridized carbons (Fsp3) is 0.333. The second-order valence-electron chi connectivity index (χ2n) is 3.83. The van der Waals surface area contributed by atoms with Gasteiger partial charge in [-0.1, -0.05) is 11.6 Å². The Balaban J connectivity index is 3.20. The van der Waals surface area contributed by atoms with Gasteiger partial charge in [-0.3, -0.25) is 0 Å². The second-order valence-corrected chi connectivity index (χ2v) is 4.21. The largest absolute Gasteiger partial charge is 0.466 e. The lowest BCUT2D eigenvalue weighted by Crippen LogP contribution is -2.46. The van der Waals surface area contributed by atoms with Crippen LogP contribution in [-0.4, -0.2) is 31.8 Å². The number of rotatable bonds is 4. The second kappa shape index (κ2) is 6.13. The van der Waals surface area contributed by atoms with E-state index in [0.29, 0.717) is 12.1 Å². The Bertz CT molecular complexity index is 508. The van der Waals surface area contributed by atoms with Gasteiger partial charge in [0.15, 0.2) is 0 Å². The summed E-state index contributed by atoms with van der Waals surface area (Å²) in [6.07, 6.45) is -0.947. The van der Waals surface area contributed by atoms with E-state index in [1.807, 2.05) is 0 Å². The van der Waals surface area contributed by atoms with Crippen LogP contribution < -0.4 is 0 Å². The third-order valence-corrected chi connectivity index (χ3v) is 2.87. The van der Waals surface area contributed by atoms with E-state index in [9.17, 15) is 22.8 Å². The van der Waals surface area contributed by atoms with Gasteiger partial charge in [0.2, 0.25) is 0 Å². The monoisotopic (exact) mass is 310 g/mol. The van der Waals surface area contributed by atoms with Gasteiger partial charge in [0, 0.05) is 6.42 Å². The number of carbonyl (C=O) groups excluding carboxylic acids is 2. The fourth-order valence-corrected chi connectivity index (χ4v) is 1.65. The summed E-state index contributed by atoms with van der Waals surface area (Å²) in [5.74, 6) is -5.34. The van der Waals surface area contributed by atoms with Crippen LogP contribution in [0.15, 0.2) is 12.1 Å². The van der Waals surface area contributed by atoms with E-state index in [1.165, 1.54) is 0 Å². The summed E-state index contributed by atoms with van der Waals surface area (Å²) in [5.41, 5.74) is -3.49. The molecule has 1 aromatic carbocycles. The Morgan fingerprint density at radius 3 is 1.90 bits per heavy atom. The lowest BCUT2D eigenvalue weighted by molar-refractivity contribution is -0.171. The first-order valence-electron chi connectivity index (χ1n) is 5.25. The quantitative estimate of drug-likeness (QED) is 0.486. The number of hydrogen-bond donors (Lipinski definition) is 0. The topological polar surface area (TPSA) is 52.6 Å². The van der Waals surface area contributed by atoms with Gasteiger partial charge in [-0.25, -0.2) is 22.8 Å². The van der Waals surface area contributed by atoms with E-state index < -0.39 is 40.7 Å². The molecule has 0 spiro atoms. The summed E-state index contributed by atoms with van der Waals surface area (Å²) < 4.78 is 49.2. The molecule has 20 heavy (non-hydrogen) atoms. The smallest absolute Gasteiger partial charge is 0.355 e. The van der Waals surface area contributed by atoms with Crippen LogP contribution in [0.5, 0.6) is 0 Å². The number of carbonyl (C=O) groups is 2. The maximum Gasteiger partial charge on any atom is 0.355 e.